The lowest BCUT2D eigenvalue weighted by Gasteiger charge is -2.31. The van der Waals surface area contributed by atoms with Gasteiger partial charge in [0.15, 0.2) is 5.79 Å². The van der Waals surface area contributed by atoms with Gasteiger partial charge in [0.2, 0.25) is 0 Å². The van der Waals surface area contributed by atoms with Gasteiger partial charge in [0.1, 0.15) is 6.10 Å². The molecule has 1 saturated carbocycles. The maximum atomic E-state index is 12.1. The number of hydrogen-bond donors (Lipinski definition) is 0. The van der Waals surface area contributed by atoms with Gasteiger partial charge in [0.05, 0.1) is 17.4 Å². The SMILES string of the molecule is O=S(/C=C/[C@H]1COC2(CCCCC2)O1)c1ccccc1. The first-order valence-corrected chi connectivity index (χ1v) is 8.44. The molecule has 1 unspecified atom stereocenters. The van der Waals surface area contributed by atoms with Crippen LogP contribution < -0.4 is 0 Å². The van der Waals surface area contributed by atoms with Crippen LogP contribution in [-0.4, -0.2) is 22.7 Å². The van der Waals surface area contributed by atoms with Gasteiger partial charge < -0.3 is 9.47 Å². The molecule has 108 valence electrons. The summed E-state index contributed by atoms with van der Waals surface area (Å²) in [6.45, 7) is 0.572. The fourth-order valence-electron chi connectivity index (χ4n) is 2.82. The molecule has 2 aliphatic rings. The number of hydrogen-bond acceptors (Lipinski definition) is 3. The zero-order valence-electron chi connectivity index (χ0n) is 11.5. The van der Waals surface area contributed by atoms with E-state index in [1.807, 2.05) is 36.4 Å². The van der Waals surface area contributed by atoms with E-state index in [1.165, 1.54) is 19.3 Å². The largest absolute Gasteiger partial charge is 0.347 e. The maximum Gasteiger partial charge on any atom is 0.169 e. The van der Waals surface area contributed by atoms with Gasteiger partial charge >= 0.3 is 0 Å². The zero-order valence-corrected chi connectivity index (χ0v) is 12.3. The number of rotatable bonds is 3. The van der Waals surface area contributed by atoms with Crippen LogP contribution in [-0.2, 0) is 20.3 Å². The standard InChI is InChI=1S/C16H20O3S/c17-20(15-7-3-1-4-8-15)12-9-14-13-18-16(19-14)10-5-2-6-11-16/h1,3-4,7-9,12,14H,2,5-6,10-11,13H2/b12-9+/t14-,20?/m0/s1. The van der Waals surface area contributed by atoms with Gasteiger partial charge in [-0.3, -0.25) is 0 Å². The number of ether oxygens (including phenoxy) is 2. The summed E-state index contributed by atoms with van der Waals surface area (Å²) in [6, 6.07) is 9.45. The van der Waals surface area contributed by atoms with Gasteiger partial charge in [-0.2, -0.15) is 0 Å². The molecule has 0 N–H and O–H groups in total. The van der Waals surface area contributed by atoms with Crippen LogP contribution in [0.4, 0.5) is 0 Å². The predicted molar refractivity (Wildman–Crippen MR) is 78.6 cm³/mol. The minimum absolute atomic E-state index is 0.0687. The van der Waals surface area contributed by atoms with E-state index < -0.39 is 10.8 Å². The van der Waals surface area contributed by atoms with Crippen LogP contribution in [0.1, 0.15) is 32.1 Å². The van der Waals surface area contributed by atoms with Crippen molar-refractivity contribution in [3.8, 4) is 0 Å². The summed E-state index contributed by atoms with van der Waals surface area (Å²) in [5.74, 6) is -0.360. The van der Waals surface area contributed by atoms with Crippen LogP contribution >= 0.6 is 0 Å². The predicted octanol–water partition coefficient (Wildman–Crippen LogP) is 3.38. The van der Waals surface area contributed by atoms with Crippen molar-refractivity contribution in [2.75, 3.05) is 6.61 Å². The van der Waals surface area contributed by atoms with E-state index in [0.717, 1.165) is 17.7 Å². The third-order valence-corrected chi connectivity index (χ3v) is 5.03. The fourth-order valence-corrected chi connectivity index (χ4v) is 3.72. The van der Waals surface area contributed by atoms with Gasteiger partial charge in [0.25, 0.3) is 0 Å². The second kappa shape index (κ2) is 6.20. The van der Waals surface area contributed by atoms with Crippen LogP contribution in [0.3, 0.4) is 0 Å². The summed E-state index contributed by atoms with van der Waals surface area (Å²) in [6.07, 6.45) is 7.40. The molecule has 2 fully saturated rings. The van der Waals surface area contributed by atoms with Crippen molar-refractivity contribution in [2.24, 2.45) is 0 Å². The summed E-state index contributed by atoms with van der Waals surface area (Å²) in [4.78, 5) is 0.815. The average molecular weight is 292 g/mol. The van der Waals surface area contributed by atoms with Crippen LogP contribution in [0.2, 0.25) is 0 Å². The van der Waals surface area contributed by atoms with Crippen LogP contribution in [0.15, 0.2) is 46.7 Å². The molecule has 4 heteroatoms. The van der Waals surface area contributed by atoms with Crippen LogP contribution in [0.25, 0.3) is 0 Å². The van der Waals surface area contributed by atoms with Crippen LogP contribution in [0.5, 0.6) is 0 Å². The maximum absolute atomic E-state index is 12.1. The van der Waals surface area contributed by atoms with Gasteiger partial charge in [-0.15, -0.1) is 0 Å². The van der Waals surface area contributed by atoms with Gasteiger partial charge in [-0.05, 0) is 31.1 Å². The first-order valence-electron chi connectivity index (χ1n) is 7.23. The van der Waals surface area contributed by atoms with E-state index in [4.69, 9.17) is 9.47 Å². The topological polar surface area (TPSA) is 35.5 Å². The van der Waals surface area contributed by atoms with Crippen molar-refractivity contribution in [3.05, 3.63) is 41.8 Å². The van der Waals surface area contributed by atoms with E-state index in [1.54, 1.807) is 5.41 Å². The van der Waals surface area contributed by atoms with Crippen molar-refractivity contribution >= 4 is 10.8 Å². The summed E-state index contributed by atoms with van der Waals surface area (Å²) in [7, 11) is -1.11. The molecule has 1 spiro atoms. The Hall–Kier alpha value is -0.970. The first kappa shape index (κ1) is 14.0. The molecular formula is C16H20O3S. The second-order valence-corrected chi connectivity index (χ2v) is 6.72. The Morgan fingerprint density at radius 2 is 1.90 bits per heavy atom. The quantitative estimate of drug-likeness (QED) is 0.856. The molecular weight excluding hydrogens is 272 g/mol. The monoisotopic (exact) mass is 292 g/mol. The Balaban J connectivity index is 1.59. The van der Waals surface area contributed by atoms with E-state index >= 15 is 0 Å². The highest BCUT2D eigenvalue weighted by molar-refractivity contribution is 7.88. The lowest BCUT2D eigenvalue weighted by atomic mass is 9.94. The van der Waals surface area contributed by atoms with E-state index in [0.29, 0.717) is 6.61 Å². The Morgan fingerprint density at radius 3 is 2.65 bits per heavy atom. The second-order valence-electron chi connectivity index (χ2n) is 5.38. The Morgan fingerprint density at radius 1 is 1.15 bits per heavy atom. The molecule has 1 heterocycles. The van der Waals surface area contributed by atoms with Crippen molar-refractivity contribution in [1.29, 1.82) is 0 Å². The summed E-state index contributed by atoms with van der Waals surface area (Å²) >= 11 is 0. The molecule has 0 radical (unpaired) electrons. The molecule has 1 saturated heterocycles. The molecule has 20 heavy (non-hydrogen) atoms. The molecule has 1 aliphatic carbocycles. The minimum atomic E-state index is -1.11. The van der Waals surface area contributed by atoms with E-state index in [-0.39, 0.29) is 11.9 Å². The summed E-state index contributed by atoms with van der Waals surface area (Å²) in [5.41, 5.74) is 0. The molecule has 0 bridgehead atoms. The lowest BCUT2D eigenvalue weighted by molar-refractivity contribution is -0.182. The minimum Gasteiger partial charge on any atom is -0.347 e. The molecule has 1 aliphatic heterocycles. The average Bonchev–Trinajstić information content (AvgIpc) is 2.89. The lowest BCUT2D eigenvalue weighted by Crippen LogP contribution is -2.33. The Bertz CT molecular complexity index is 492. The van der Waals surface area contributed by atoms with Crippen molar-refractivity contribution in [1.82, 2.24) is 0 Å². The molecule has 3 nitrogen and oxygen atoms in total. The molecule has 3 rings (SSSR count). The third kappa shape index (κ3) is 3.19. The summed E-state index contributed by atoms with van der Waals surface area (Å²) < 4.78 is 24.0. The fraction of sp³-hybridized carbons (Fsp3) is 0.500. The highest BCUT2D eigenvalue weighted by Gasteiger charge is 2.41. The smallest absolute Gasteiger partial charge is 0.169 e. The van der Waals surface area contributed by atoms with E-state index in [9.17, 15) is 4.21 Å². The Kier molecular flexibility index (Phi) is 4.34. The molecule has 0 aromatic heterocycles. The van der Waals surface area contributed by atoms with Crippen molar-refractivity contribution < 1.29 is 13.7 Å². The van der Waals surface area contributed by atoms with Gasteiger partial charge in [0, 0.05) is 23.1 Å². The highest BCUT2D eigenvalue weighted by atomic mass is 32.2. The normalized spacial score (nSPS) is 27.1. The van der Waals surface area contributed by atoms with Gasteiger partial charge in [-0.1, -0.05) is 24.6 Å². The highest BCUT2D eigenvalue weighted by Crippen LogP contribution is 2.37. The Labute approximate surface area is 122 Å². The molecule has 2 atom stereocenters. The van der Waals surface area contributed by atoms with Crippen molar-refractivity contribution in [2.45, 2.75) is 48.9 Å². The van der Waals surface area contributed by atoms with Gasteiger partial charge in [-0.25, -0.2) is 4.21 Å². The molecule has 1 aromatic carbocycles. The third-order valence-electron chi connectivity index (χ3n) is 3.88. The first-order chi connectivity index (χ1) is 9.77. The zero-order chi connectivity index (χ0) is 13.8. The van der Waals surface area contributed by atoms with Crippen LogP contribution in [0, 0.1) is 0 Å². The molecule has 0 amide bonds. The van der Waals surface area contributed by atoms with Crippen molar-refractivity contribution in [3.63, 3.8) is 0 Å². The summed E-state index contributed by atoms with van der Waals surface area (Å²) in [5, 5.41) is 1.71. The number of benzene rings is 1. The molecule has 1 aromatic rings. The van der Waals surface area contributed by atoms with E-state index in [2.05, 4.69) is 0 Å².